The number of halogens is 1. The number of ether oxygens (including phenoxy) is 1. The maximum absolute atomic E-state index is 11.6. The molecule has 0 aliphatic rings. The van der Waals surface area contributed by atoms with Gasteiger partial charge in [-0.05, 0) is 6.07 Å². The zero-order valence-electron chi connectivity index (χ0n) is 11.3. The van der Waals surface area contributed by atoms with E-state index in [0.29, 0.717) is 0 Å². The number of nitrogens with one attached hydrogen (secondary N) is 3. The normalized spacial score (nSPS) is 9.67. The monoisotopic (exact) mass is 315 g/mol. The van der Waals surface area contributed by atoms with Gasteiger partial charge < -0.3 is 25.8 Å². The van der Waals surface area contributed by atoms with Crippen molar-refractivity contribution in [3.05, 3.63) is 22.7 Å². The molecule has 1 rings (SSSR count). The standard InChI is InChI=1S/C12H14ClN3O5/c1-14-10(17)5-15-12(20)16-8-4-9(21-2)6(11(18)19)3-7(8)13/h3-4H,5H2,1-2H3,(H,14,17)(H,18,19)(H2,15,16,20). The number of hydrogen-bond donors (Lipinski definition) is 4. The van der Waals surface area contributed by atoms with Gasteiger partial charge in [0.05, 0.1) is 24.4 Å². The molecule has 0 aliphatic carbocycles. The van der Waals surface area contributed by atoms with E-state index in [1.54, 1.807) is 0 Å². The highest BCUT2D eigenvalue weighted by Crippen LogP contribution is 2.30. The Hall–Kier alpha value is -2.48. The molecule has 0 atom stereocenters. The number of likely N-dealkylation sites (N-methyl/N-ethyl adjacent to an activating group) is 1. The zero-order chi connectivity index (χ0) is 16.0. The Morgan fingerprint density at radius 3 is 2.52 bits per heavy atom. The van der Waals surface area contributed by atoms with E-state index in [4.69, 9.17) is 21.4 Å². The van der Waals surface area contributed by atoms with Crippen LogP contribution in [-0.4, -0.2) is 43.7 Å². The number of rotatable bonds is 5. The fraction of sp³-hybridized carbons (Fsp3) is 0.250. The summed E-state index contributed by atoms with van der Waals surface area (Å²) in [6, 6.07) is 1.79. The minimum atomic E-state index is -1.20. The molecule has 9 heteroatoms. The van der Waals surface area contributed by atoms with Crippen molar-refractivity contribution in [2.24, 2.45) is 0 Å². The highest BCUT2D eigenvalue weighted by Gasteiger charge is 2.16. The van der Waals surface area contributed by atoms with Gasteiger partial charge in [-0.2, -0.15) is 0 Å². The Morgan fingerprint density at radius 2 is 2.00 bits per heavy atom. The number of amides is 3. The summed E-state index contributed by atoms with van der Waals surface area (Å²) in [4.78, 5) is 33.6. The minimum Gasteiger partial charge on any atom is -0.496 e. The third-order valence-corrected chi connectivity index (χ3v) is 2.77. The van der Waals surface area contributed by atoms with Gasteiger partial charge >= 0.3 is 12.0 Å². The fourth-order valence-electron chi connectivity index (χ4n) is 1.40. The number of carbonyl (C=O) groups is 3. The van der Waals surface area contributed by atoms with Crippen LogP contribution < -0.4 is 20.7 Å². The molecule has 0 aliphatic heterocycles. The maximum atomic E-state index is 11.6. The number of aromatic carboxylic acids is 1. The van der Waals surface area contributed by atoms with Gasteiger partial charge in [-0.25, -0.2) is 9.59 Å². The predicted molar refractivity (Wildman–Crippen MR) is 76.1 cm³/mol. The van der Waals surface area contributed by atoms with Crippen LogP contribution in [0.3, 0.4) is 0 Å². The summed E-state index contributed by atoms with van der Waals surface area (Å²) < 4.78 is 4.92. The van der Waals surface area contributed by atoms with Crippen molar-refractivity contribution in [3.8, 4) is 5.75 Å². The number of hydrogen-bond acceptors (Lipinski definition) is 4. The second kappa shape index (κ2) is 7.34. The smallest absolute Gasteiger partial charge is 0.339 e. The third-order valence-electron chi connectivity index (χ3n) is 2.46. The number of anilines is 1. The first-order valence-corrected chi connectivity index (χ1v) is 6.13. The Bertz CT molecular complexity index is 576. The first-order chi connectivity index (χ1) is 9.88. The van der Waals surface area contributed by atoms with Crippen LogP contribution in [0, 0.1) is 0 Å². The first kappa shape index (κ1) is 16.6. The summed E-state index contributed by atoms with van der Waals surface area (Å²) in [6.45, 7) is -0.204. The summed E-state index contributed by atoms with van der Waals surface area (Å²) >= 11 is 5.90. The van der Waals surface area contributed by atoms with Crippen molar-refractivity contribution < 1.29 is 24.2 Å². The topological polar surface area (TPSA) is 117 Å². The van der Waals surface area contributed by atoms with Gasteiger partial charge in [0.1, 0.15) is 11.3 Å². The number of carboxylic acid groups (broad SMARTS) is 1. The second-order valence-electron chi connectivity index (χ2n) is 3.82. The summed E-state index contributed by atoms with van der Waals surface area (Å²) in [7, 11) is 2.74. The molecule has 0 saturated carbocycles. The molecule has 0 bridgehead atoms. The number of carboxylic acids is 1. The van der Waals surface area contributed by atoms with E-state index in [1.165, 1.54) is 20.2 Å². The molecule has 1 aromatic rings. The molecule has 0 unspecified atom stereocenters. The van der Waals surface area contributed by atoms with Gasteiger partial charge in [-0.3, -0.25) is 4.79 Å². The molecule has 4 N–H and O–H groups in total. The molecule has 0 aromatic heterocycles. The van der Waals surface area contributed by atoms with Crippen molar-refractivity contribution in [2.45, 2.75) is 0 Å². The van der Waals surface area contributed by atoms with Gasteiger partial charge in [-0.1, -0.05) is 11.6 Å². The number of benzene rings is 1. The Morgan fingerprint density at radius 1 is 1.33 bits per heavy atom. The van der Waals surface area contributed by atoms with Crippen LogP contribution in [0.1, 0.15) is 10.4 Å². The molecule has 8 nitrogen and oxygen atoms in total. The molecule has 0 heterocycles. The maximum Gasteiger partial charge on any atom is 0.339 e. The Kier molecular flexibility index (Phi) is 5.79. The van der Waals surface area contributed by atoms with E-state index in [9.17, 15) is 14.4 Å². The van der Waals surface area contributed by atoms with Gasteiger partial charge in [0.25, 0.3) is 0 Å². The Balaban J connectivity index is 2.86. The largest absolute Gasteiger partial charge is 0.496 e. The molecular formula is C12H14ClN3O5. The molecule has 1 aromatic carbocycles. The van der Waals surface area contributed by atoms with Crippen LogP contribution in [0.25, 0.3) is 0 Å². The van der Waals surface area contributed by atoms with E-state index in [1.807, 2.05) is 0 Å². The van der Waals surface area contributed by atoms with Gasteiger partial charge in [0.15, 0.2) is 0 Å². The summed E-state index contributed by atoms with van der Waals surface area (Å²) in [6.07, 6.45) is 0. The lowest BCUT2D eigenvalue weighted by Gasteiger charge is -2.12. The lowest BCUT2D eigenvalue weighted by molar-refractivity contribution is -0.119. The van der Waals surface area contributed by atoms with Crippen LogP contribution >= 0.6 is 11.6 Å². The van der Waals surface area contributed by atoms with E-state index < -0.39 is 12.0 Å². The number of methoxy groups -OCH3 is 1. The van der Waals surface area contributed by atoms with E-state index in [2.05, 4.69) is 16.0 Å². The molecule has 114 valence electrons. The predicted octanol–water partition coefficient (Wildman–Crippen LogP) is 0.914. The van der Waals surface area contributed by atoms with Crippen molar-refractivity contribution in [3.63, 3.8) is 0 Å². The van der Waals surface area contributed by atoms with E-state index >= 15 is 0 Å². The van der Waals surface area contributed by atoms with Crippen molar-refractivity contribution in [1.82, 2.24) is 10.6 Å². The quantitative estimate of drug-likeness (QED) is 0.644. The van der Waals surface area contributed by atoms with Crippen molar-refractivity contribution in [1.29, 1.82) is 0 Å². The van der Waals surface area contributed by atoms with Gasteiger partial charge in [0, 0.05) is 13.1 Å². The van der Waals surface area contributed by atoms with E-state index in [-0.39, 0.29) is 34.5 Å². The van der Waals surface area contributed by atoms with Crippen LogP contribution in [-0.2, 0) is 4.79 Å². The molecule has 0 radical (unpaired) electrons. The number of carbonyl (C=O) groups excluding carboxylic acids is 2. The summed E-state index contributed by atoms with van der Waals surface area (Å²) in [5, 5.41) is 16.1. The molecule has 0 saturated heterocycles. The molecule has 21 heavy (non-hydrogen) atoms. The average molecular weight is 316 g/mol. The van der Waals surface area contributed by atoms with Crippen LogP contribution in [0.5, 0.6) is 5.75 Å². The molecule has 3 amide bonds. The van der Waals surface area contributed by atoms with Crippen LogP contribution in [0.15, 0.2) is 12.1 Å². The second-order valence-corrected chi connectivity index (χ2v) is 4.23. The molecule has 0 fully saturated rings. The summed E-state index contributed by atoms with van der Waals surface area (Å²) in [5.74, 6) is -1.52. The van der Waals surface area contributed by atoms with Crippen molar-refractivity contribution in [2.75, 3.05) is 26.0 Å². The minimum absolute atomic E-state index is 0.0308. The first-order valence-electron chi connectivity index (χ1n) is 5.75. The average Bonchev–Trinajstić information content (AvgIpc) is 2.46. The SMILES string of the molecule is CNC(=O)CNC(=O)Nc1cc(OC)c(C(=O)O)cc1Cl. The third kappa shape index (κ3) is 4.53. The highest BCUT2D eigenvalue weighted by atomic mass is 35.5. The van der Waals surface area contributed by atoms with E-state index in [0.717, 1.165) is 6.07 Å². The number of urea groups is 1. The summed E-state index contributed by atoms with van der Waals surface area (Å²) in [5.41, 5.74) is 0.0340. The zero-order valence-corrected chi connectivity index (χ0v) is 12.1. The molecular weight excluding hydrogens is 302 g/mol. The van der Waals surface area contributed by atoms with Crippen LogP contribution in [0.2, 0.25) is 5.02 Å². The Labute approximate surface area is 125 Å². The van der Waals surface area contributed by atoms with Crippen molar-refractivity contribution >= 4 is 35.2 Å². The van der Waals surface area contributed by atoms with Gasteiger partial charge in [0.2, 0.25) is 5.91 Å². The lowest BCUT2D eigenvalue weighted by atomic mass is 10.2. The fourth-order valence-corrected chi connectivity index (χ4v) is 1.61. The van der Waals surface area contributed by atoms with Crippen LogP contribution in [0.4, 0.5) is 10.5 Å². The van der Waals surface area contributed by atoms with Gasteiger partial charge in [-0.15, -0.1) is 0 Å². The molecule has 0 spiro atoms. The highest BCUT2D eigenvalue weighted by molar-refractivity contribution is 6.34. The lowest BCUT2D eigenvalue weighted by Crippen LogP contribution is -2.37.